The summed E-state index contributed by atoms with van der Waals surface area (Å²) < 4.78 is 1.73. The Kier molecular flexibility index (Phi) is 3.29. The minimum atomic E-state index is 0.849. The van der Waals surface area contributed by atoms with Crippen molar-refractivity contribution in [2.24, 2.45) is 7.05 Å². The second-order valence-electron chi connectivity index (χ2n) is 4.62. The van der Waals surface area contributed by atoms with E-state index in [-0.39, 0.29) is 0 Å². The monoisotopic (exact) mass is 255 g/mol. The van der Waals surface area contributed by atoms with E-state index in [4.69, 9.17) is 0 Å². The first-order chi connectivity index (χ1) is 9.33. The zero-order valence-corrected chi connectivity index (χ0v) is 10.9. The fourth-order valence-corrected chi connectivity index (χ4v) is 2.22. The summed E-state index contributed by atoms with van der Waals surface area (Å²) in [6, 6.07) is 8.45. The molecule has 0 atom stereocenters. The molecule has 2 aromatic heterocycles. The molecule has 19 heavy (non-hydrogen) atoms. The molecule has 0 saturated carbocycles. The van der Waals surface area contributed by atoms with E-state index in [1.165, 1.54) is 16.5 Å². The summed E-state index contributed by atoms with van der Waals surface area (Å²) >= 11 is 0. The average Bonchev–Trinajstić information content (AvgIpc) is 3.03. The molecule has 5 heteroatoms. The highest BCUT2D eigenvalue weighted by Crippen LogP contribution is 2.16. The average molecular weight is 255 g/mol. The molecular formula is C14H17N5. The van der Waals surface area contributed by atoms with Crippen LogP contribution in [-0.2, 0) is 20.0 Å². The molecule has 0 aliphatic rings. The van der Waals surface area contributed by atoms with Crippen molar-refractivity contribution in [3.63, 3.8) is 0 Å². The van der Waals surface area contributed by atoms with Crippen molar-refractivity contribution < 1.29 is 0 Å². The van der Waals surface area contributed by atoms with E-state index >= 15 is 0 Å². The summed E-state index contributed by atoms with van der Waals surface area (Å²) in [5.74, 6) is 0.882. The zero-order valence-electron chi connectivity index (χ0n) is 10.9. The van der Waals surface area contributed by atoms with E-state index in [9.17, 15) is 0 Å². The Morgan fingerprint density at radius 2 is 2.26 bits per heavy atom. The number of nitrogens with one attached hydrogen (secondary N) is 2. The van der Waals surface area contributed by atoms with Crippen molar-refractivity contribution in [2.75, 3.05) is 6.54 Å². The molecule has 5 nitrogen and oxygen atoms in total. The van der Waals surface area contributed by atoms with Gasteiger partial charge in [-0.05, 0) is 17.0 Å². The first-order valence-corrected chi connectivity index (χ1v) is 6.43. The zero-order chi connectivity index (χ0) is 13.1. The highest BCUT2D eigenvalue weighted by molar-refractivity contribution is 5.82. The molecule has 0 aliphatic carbocycles. The van der Waals surface area contributed by atoms with Crippen LogP contribution in [0, 0.1) is 0 Å². The van der Waals surface area contributed by atoms with Crippen molar-refractivity contribution in [2.45, 2.75) is 13.0 Å². The van der Waals surface area contributed by atoms with Gasteiger partial charge < -0.3 is 10.3 Å². The third-order valence-electron chi connectivity index (χ3n) is 3.16. The minimum Gasteiger partial charge on any atom is -0.361 e. The fourth-order valence-electron chi connectivity index (χ4n) is 2.22. The number of fused-ring (bicyclic) bond motifs is 1. The number of aromatic amines is 1. The van der Waals surface area contributed by atoms with Crippen molar-refractivity contribution in [1.29, 1.82) is 0 Å². The number of hydrogen-bond donors (Lipinski definition) is 2. The Balaban J connectivity index is 1.56. The molecule has 1 aromatic carbocycles. The van der Waals surface area contributed by atoms with E-state index in [0.717, 1.165) is 25.3 Å². The van der Waals surface area contributed by atoms with Gasteiger partial charge in [0.1, 0.15) is 6.33 Å². The predicted octanol–water partition coefficient (Wildman–Crippen LogP) is 1.63. The van der Waals surface area contributed by atoms with Crippen LogP contribution in [0.15, 0.2) is 36.8 Å². The highest BCUT2D eigenvalue weighted by atomic mass is 15.3. The largest absolute Gasteiger partial charge is 0.361 e. The lowest BCUT2D eigenvalue weighted by Gasteiger charge is -2.05. The van der Waals surface area contributed by atoms with Gasteiger partial charge >= 0.3 is 0 Å². The van der Waals surface area contributed by atoms with Gasteiger partial charge in [0, 0.05) is 38.3 Å². The van der Waals surface area contributed by atoms with Crippen LogP contribution in [0.25, 0.3) is 10.9 Å². The quantitative estimate of drug-likeness (QED) is 0.681. The van der Waals surface area contributed by atoms with Crippen LogP contribution in [0.5, 0.6) is 0 Å². The maximum Gasteiger partial charge on any atom is 0.151 e. The molecule has 2 N–H and O–H groups in total. The third kappa shape index (κ3) is 2.66. The first kappa shape index (κ1) is 11.9. The number of H-pyrrole nitrogens is 1. The summed E-state index contributed by atoms with van der Waals surface area (Å²) in [5, 5.41) is 8.94. The van der Waals surface area contributed by atoms with Crippen molar-refractivity contribution in [3.05, 3.63) is 48.2 Å². The van der Waals surface area contributed by atoms with E-state index < -0.39 is 0 Å². The lowest BCUT2D eigenvalue weighted by Crippen LogP contribution is -2.17. The molecule has 98 valence electrons. The van der Waals surface area contributed by atoms with Gasteiger partial charge in [0.2, 0.25) is 0 Å². The second kappa shape index (κ2) is 5.24. The Morgan fingerprint density at radius 1 is 1.32 bits per heavy atom. The molecule has 0 aliphatic heterocycles. The van der Waals surface area contributed by atoms with Gasteiger partial charge in [-0.2, -0.15) is 5.10 Å². The van der Waals surface area contributed by atoms with E-state index in [1.807, 2.05) is 13.2 Å². The number of para-hydroxylation sites is 1. The van der Waals surface area contributed by atoms with E-state index in [2.05, 4.69) is 44.6 Å². The number of benzene rings is 1. The second-order valence-corrected chi connectivity index (χ2v) is 4.62. The molecule has 3 rings (SSSR count). The summed E-state index contributed by atoms with van der Waals surface area (Å²) in [5.41, 5.74) is 2.50. The van der Waals surface area contributed by atoms with Crippen LogP contribution < -0.4 is 5.32 Å². The van der Waals surface area contributed by atoms with Crippen molar-refractivity contribution in [3.8, 4) is 0 Å². The maximum atomic E-state index is 4.26. The number of nitrogens with zero attached hydrogens (tertiary/aromatic N) is 3. The van der Waals surface area contributed by atoms with E-state index in [1.54, 1.807) is 11.0 Å². The number of aromatic nitrogens is 4. The molecule has 0 fully saturated rings. The van der Waals surface area contributed by atoms with Crippen LogP contribution in [-0.4, -0.2) is 26.3 Å². The fraction of sp³-hybridized carbons (Fsp3) is 0.286. The van der Waals surface area contributed by atoms with Gasteiger partial charge in [-0.25, -0.2) is 4.98 Å². The molecular weight excluding hydrogens is 238 g/mol. The Labute approximate surface area is 111 Å². The first-order valence-electron chi connectivity index (χ1n) is 6.43. The lowest BCUT2D eigenvalue weighted by molar-refractivity contribution is 0.662. The molecule has 0 bridgehead atoms. The minimum absolute atomic E-state index is 0.849. The highest BCUT2D eigenvalue weighted by Gasteiger charge is 2.02. The van der Waals surface area contributed by atoms with Gasteiger partial charge in [0.05, 0.1) is 0 Å². The Hall–Kier alpha value is -2.14. The van der Waals surface area contributed by atoms with Crippen LogP contribution in [0.3, 0.4) is 0 Å². The summed E-state index contributed by atoms with van der Waals surface area (Å²) in [6.07, 6.45) is 4.56. The summed E-state index contributed by atoms with van der Waals surface area (Å²) in [4.78, 5) is 7.49. The third-order valence-corrected chi connectivity index (χ3v) is 3.16. The SMILES string of the molecule is Cn1cnc(CCNCc2cccc3cc[nH]c23)n1. The molecule has 3 aromatic rings. The van der Waals surface area contributed by atoms with Crippen molar-refractivity contribution >= 4 is 10.9 Å². The summed E-state index contributed by atoms with van der Waals surface area (Å²) in [7, 11) is 1.88. The number of hydrogen-bond acceptors (Lipinski definition) is 3. The topological polar surface area (TPSA) is 58.5 Å². The number of rotatable bonds is 5. The molecule has 0 spiro atoms. The van der Waals surface area contributed by atoms with Gasteiger partial charge in [-0.3, -0.25) is 4.68 Å². The molecule has 2 heterocycles. The van der Waals surface area contributed by atoms with Crippen molar-refractivity contribution in [1.82, 2.24) is 25.1 Å². The van der Waals surface area contributed by atoms with E-state index in [0.29, 0.717) is 0 Å². The summed E-state index contributed by atoms with van der Waals surface area (Å²) in [6.45, 7) is 1.73. The predicted molar refractivity (Wildman–Crippen MR) is 74.7 cm³/mol. The van der Waals surface area contributed by atoms with Crippen LogP contribution >= 0.6 is 0 Å². The van der Waals surface area contributed by atoms with Gasteiger partial charge in [0.15, 0.2) is 5.82 Å². The van der Waals surface area contributed by atoms with Gasteiger partial charge in [-0.1, -0.05) is 18.2 Å². The van der Waals surface area contributed by atoms with Crippen LogP contribution in [0.2, 0.25) is 0 Å². The normalized spacial score (nSPS) is 11.2. The maximum absolute atomic E-state index is 4.26. The van der Waals surface area contributed by atoms with Gasteiger partial charge in [0.25, 0.3) is 0 Å². The molecule has 0 amide bonds. The molecule has 0 radical (unpaired) electrons. The molecule has 0 saturated heterocycles. The standard InChI is InChI=1S/C14H17N5/c1-19-10-17-13(18-19)6-7-15-9-12-4-2-3-11-5-8-16-14(11)12/h2-5,8,10,15-16H,6-7,9H2,1H3. The lowest BCUT2D eigenvalue weighted by atomic mass is 10.1. The Morgan fingerprint density at radius 3 is 3.11 bits per heavy atom. The van der Waals surface area contributed by atoms with Gasteiger partial charge in [-0.15, -0.1) is 0 Å². The Bertz CT molecular complexity index is 667. The van der Waals surface area contributed by atoms with Crippen LogP contribution in [0.4, 0.5) is 0 Å². The van der Waals surface area contributed by atoms with Crippen LogP contribution in [0.1, 0.15) is 11.4 Å². The smallest absolute Gasteiger partial charge is 0.151 e. The molecule has 0 unspecified atom stereocenters. The number of aryl methyl sites for hydroxylation is 1.